The summed E-state index contributed by atoms with van der Waals surface area (Å²) in [5.41, 5.74) is 2.82. The van der Waals surface area contributed by atoms with Crippen molar-refractivity contribution >= 4 is 22.5 Å². The standard InChI is InChI=1S/C22H26N6O2/c1-15-23-3-2-21(27-15)26-14-16-10-18(11-16)30-20-13-17(28-6-8-29-9-7-28)12-19-22(20)25-5-4-24-19/h2-5,12-13,16,18H,6-11,14H2,1H3,(H,23,26,27)/t16-,18+. The first-order chi connectivity index (χ1) is 14.7. The van der Waals surface area contributed by atoms with Crippen molar-refractivity contribution in [2.45, 2.75) is 25.9 Å². The summed E-state index contributed by atoms with van der Waals surface area (Å²) < 4.78 is 11.9. The number of nitrogens with one attached hydrogen (secondary N) is 1. The minimum absolute atomic E-state index is 0.203. The van der Waals surface area contributed by atoms with E-state index in [-0.39, 0.29) is 6.10 Å². The van der Waals surface area contributed by atoms with Crippen LogP contribution in [0.5, 0.6) is 5.75 Å². The topological polar surface area (TPSA) is 85.3 Å². The van der Waals surface area contributed by atoms with Gasteiger partial charge in [0.1, 0.15) is 22.9 Å². The lowest BCUT2D eigenvalue weighted by Crippen LogP contribution is -2.38. The fourth-order valence-electron chi connectivity index (χ4n) is 4.04. The molecular weight excluding hydrogens is 380 g/mol. The number of rotatable bonds is 6. The molecule has 1 saturated carbocycles. The maximum Gasteiger partial charge on any atom is 0.149 e. The Morgan fingerprint density at radius 2 is 1.93 bits per heavy atom. The predicted octanol–water partition coefficient (Wildman–Crippen LogP) is 2.83. The highest BCUT2D eigenvalue weighted by molar-refractivity contribution is 5.85. The van der Waals surface area contributed by atoms with E-state index >= 15 is 0 Å². The van der Waals surface area contributed by atoms with E-state index in [1.54, 1.807) is 18.6 Å². The molecule has 0 unspecified atom stereocenters. The van der Waals surface area contributed by atoms with E-state index in [1.807, 2.05) is 13.0 Å². The Bertz CT molecular complexity index is 1020. The molecule has 0 amide bonds. The van der Waals surface area contributed by atoms with Crippen LogP contribution in [0.1, 0.15) is 18.7 Å². The molecule has 0 atom stereocenters. The molecule has 30 heavy (non-hydrogen) atoms. The van der Waals surface area contributed by atoms with Crippen molar-refractivity contribution in [1.82, 2.24) is 19.9 Å². The number of ether oxygens (including phenoxy) is 2. The summed E-state index contributed by atoms with van der Waals surface area (Å²) >= 11 is 0. The minimum Gasteiger partial charge on any atom is -0.488 e. The van der Waals surface area contributed by atoms with Crippen LogP contribution in [-0.2, 0) is 4.74 Å². The molecule has 3 aromatic rings. The number of morpholine rings is 1. The summed E-state index contributed by atoms with van der Waals surface area (Å²) in [6, 6.07) is 6.11. The Kier molecular flexibility index (Phi) is 5.31. The van der Waals surface area contributed by atoms with Crippen molar-refractivity contribution in [3.05, 3.63) is 42.6 Å². The molecule has 1 aliphatic heterocycles. The highest BCUT2D eigenvalue weighted by Crippen LogP contribution is 2.36. The molecule has 0 bridgehead atoms. The summed E-state index contributed by atoms with van der Waals surface area (Å²) in [6.07, 6.45) is 7.47. The number of aryl methyl sites for hydroxylation is 1. The summed E-state index contributed by atoms with van der Waals surface area (Å²) in [5, 5.41) is 3.41. The van der Waals surface area contributed by atoms with Gasteiger partial charge in [-0.15, -0.1) is 0 Å². The highest BCUT2D eigenvalue weighted by atomic mass is 16.5. The molecule has 1 saturated heterocycles. The van der Waals surface area contributed by atoms with E-state index in [9.17, 15) is 0 Å². The summed E-state index contributed by atoms with van der Waals surface area (Å²) in [5.74, 6) is 3.06. The second-order valence-electron chi connectivity index (χ2n) is 7.91. The van der Waals surface area contributed by atoms with Gasteiger partial charge in [0.2, 0.25) is 0 Å². The predicted molar refractivity (Wildman–Crippen MR) is 115 cm³/mol. The highest BCUT2D eigenvalue weighted by Gasteiger charge is 2.31. The Balaban J connectivity index is 1.24. The first-order valence-corrected chi connectivity index (χ1v) is 10.5. The van der Waals surface area contributed by atoms with Crippen molar-refractivity contribution < 1.29 is 9.47 Å². The van der Waals surface area contributed by atoms with Crippen LogP contribution in [-0.4, -0.2) is 58.9 Å². The molecule has 0 radical (unpaired) electrons. The SMILES string of the molecule is Cc1nccc(NC[C@H]2C[C@@H](Oc3cc(N4CCOCC4)cc4nccnc34)C2)n1. The smallest absolute Gasteiger partial charge is 0.149 e. The number of anilines is 2. The zero-order chi connectivity index (χ0) is 20.3. The van der Waals surface area contributed by atoms with Gasteiger partial charge in [-0.05, 0) is 37.8 Å². The normalized spacial score (nSPS) is 21.3. The molecule has 5 rings (SSSR count). The molecular formula is C22H26N6O2. The van der Waals surface area contributed by atoms with Crippen LogP contribution in [0.25, 0.3) is 11.0 Å². The van der Waals surface area contributed by atoms with E-state index in [2.05, 4.69) is 42.3 Å². The number of hydrogen-bond acceptors (Lipinski definition) is 8. The van der Waals surface area contributed by atoms with Gasteiger partial charge in [0.25, 0.3) is 0 Å². The van der Waals surface area contributed by atoms with Crippen molar-refractivity contribution in [3.8, 4) is 5.75 Å². The second kappa shape index (κ2) is 8.39. The third-order valence-electron chi connectivity index (χ3n) is 5.73. The van der Waals surface area contributed by atoms with Crippen LogP contribution in [0, 0.1) is 12.8 Å². The average Bonchev–Trinajstić information content (AvgIpc) is 2.75. The molecule has 2 aromatic heterocycles. The molecule has 8 nitrogen and oxygen atoms in total. The van der Waals surface area contributed by atoms with Gasteiger partial charge >= 0.3 is 0 Å². The van der Waals surface area contributed by atoms with E-state index in [1.165, 1.54) is 0 Å². The molecule has 3 heterocycles. The Morgan fingerprint density at radius 3 is 2.77 bits per heavy atom. The van der Waals surface area contributed by atoms with E-state index in [0.29, 0.717) is 5.92 Å². The van der Waals surface area contributed by atoms with Crippen LogP contribution in [0.2, 0.25) is 0 Å². The van der Waals surface area contributed by atoms with Gasteiger partial charge in [-0.1, -0.05) is 0 Å². The maximum atomic E-state index is 6.38. The van der Waals surface area contributed by atoms with Gasteiger partial charge in [-0.3, -0.25) is 4.98 Å². The molecule has 0 spiro atoms. The van der Waals surface area contributed by atoms with Crippen LogP contribution in [0.3, 0.4) is 0 Å². The maximum absolute atomic E-state index is 6.38. The summed E-state index contributed by atoms with van der Waals surface area (Å²) in [6.45, 7) is 6.05. The number of aromatic nitrogens is 4. The minimum atomic E-state index is 0.203. The lowest BCUT2D eigenvalue weighted by atomic mass is 9.82. The lowest BCUT2D eigenvalue weighted by Gasteiger charge is -2.36. The third-order valence-corrected chi connectivity index (χ3v) is 5.73. The van der Waals surface area contributed by atoms with Gasteiger partial charge in [0.15, 0.2) is 0 Å². The quantitative estimate of drug-likeness (QED) is 0.669. The second-order valence-corrected chi connectivity index (χ2v) is 7.91. The molecule has 1 aromatic carbocycles. The Hall–Kier alpha value is -3.00. The van der Waals surface area contributed by atoms with Gasteiger partial charge < -0.3 is 19.7 Å². The monoisotopic (exact) mass is 406 g/mol. The number of benzene rings is 1. The molecule has 156 valence electrons. The van der Waals surface area contributed by atoms with Crippen LogP contribution < -0.4 is 15.0 Å². The van der Waals surface area contributed by atoms with E-state index in [0.717, 1.165) is 79.8 Å². The third kappa shape index (κ3) is 4.14. The van der Waals surface area contributed by atoms with E-state index in [4.69, 9.17) is 9.47 Å². The zero-order valence-corrected chi connectivity index (χ0v) is 17.1. The van der Waals surface area contributed by atoms with Crippen molar-refractivity contribution in [1.29, 1.82) is 0 Å². The van der Waals surface area contributed by atoms with Gasteiger partial charge in [-0.2, -0.15) is 0 Å². The lowest BCUT2D eigenvalue weighted by molar-refractivity contribution is 0.0721. The van der Waals surface area contributed by atoms with Crippen LogP contribution >= 0.6 is 0 Å². The van der Waals surface area contributed by atoms with E-state index < -0.39 is 0 Å². The summed E-state index contributed by atoms with van der Waals surface area (Å²) in [4.78, 5) is 19.9. The number of fused-ring (bicyclic) bond motifs is 1. The summed E-state index contributed by atoms with van der Waals surface area (Å²) in [7, 11) is 0. The molecule has 1 aliphatic carbocycles. The molecule has 2 aliphatic rings. The Labute approximate surface area is 175 Å². The molecule has 1 N–H and O–H groups in total. The average molecular weight is 406 g/mol. The van der Waals surface area contributed by atoms with Gasteiger partial charge in [0.05, 0.1) is 24.8 Å². The van der Waals surface area contributed by atoms with Crippen LogP contribution in [0.15, 0.2) is 36.8 Å². The van der Waals surface area contributed by atoms with Gasteiger partial charge in [-0.25, -0.2) is 15.0 Å². The first-order valence-electron chi connectivity index (χ1n) is 10.5. The van der Waals surface area contributed by atoms with Crippen LogP contribution in [0.4, 0.5) is 11.5 Å². The van der Waals surface area contributed by atoms with Crippen molar-refractivity contribution in [2.24, 2.45) is 5.92 Å². The van der Waals surface area contributed by atoms with Crippen molar-refractivity contribution in [2.75, 3.05) is 43.1 Å². The number of hydrogen-bond donors (Lipinski definition) is 1. The van der Waals surface area contributed by atoms with Crippen molar-refractivity contribution in [3.63, 3.8) is 0 Å². The fraction of sp³-hybridized carbons (Fsp3) is 0.455. The molecule has 8 heteroatoms. The zero-order valence-electron chi connectivity index (χ0n) is 17.1. The van der Waals surface area contributed by atoms with Gasteiger partial charge in [0, 0.05) is 50.0 Å². The first kappa shape index (κ1) is 19.0. The molecule has 2 fully saturated rings. The fourth-order valence-corrected chi connectivity index (χ4v) is 4.04. The largest absolute Gasteiger partial charge is 0.488 e. The number of nitrogens with zero attached hydrogens (tertiary/aromatic N) is 5. The Morgan fingerprint density at radius 1 is 1.10 bits per heavy atom.